The molecule has 0 atom stereocenters. The molecule has 0 aromatic carbocycles. The van der Waals surface area contributed by atoms with E-state index in [2.05, 4.69) is 49.4 Å². The molecule has 0 saturated carbocycles. The minimum absolute atomic E-state index is 0.323. The quantitative estimate of drug-likeness (QED) is 0.596. The van der Waals surface area contributed by atoms with Crippen LogP contribution in [-0.2, 0) is 0 Å². The van der Waals surface area contributed by atoms with Crippen molar-refractivity contribution in [3.8, 4) is 0 Å². The summed E-state index contributed by atoms with van der Waals surface area (Å²) < 4.78 is 0. The molecule has 0 radical (unpaired) electrons. The Labute approximate surface area is 124 Å². The summed E-state index contributed by atoms with van der Waals surface area (Å²) in [4.78, 5) is 4.59. The monoisotopic (exact) mass is 277 g/mol. The van der Waals surface area contributed by atoms with Gasteiger partial charge in [0.05, 0.1) is 0 Å². The van der Waals surface area contributed by atoms with E-state index in [1.807, 2.05) is 12.1 Å². The molecule has 0 spiro atoms. The zero-order valence-corrected chi connectivity index (χ0v) is 13.6. The van der Waals surface area contributed by atoms with Crippen molar-refractivity contribution in [2.45, 2.75) is 59.8 Å². The molecule has 3 nitrogen and oxygen atoms in total. The van der Waals surface area contributed by atoms with Crippen molar-refractivity contribution in [1.29, 1.82) is 0 Å². The molecule has 0 saturated heterocycles. The first kappa shape index (κ1) is 16.8. The first-order chi connectivity index (χ1) is 9.57. The van der Waals surface area contributed by atoms with E-state index in [-0.39, 0.29) is 0 Å². The molecule has 1 heterocycles. The van der Waals surface area contributed by atoms with Gasteiger partial charge in [-0.2, -0.15) is 0 Å². The van der Waals surface area contributed by atoms with Crippen LogP contribution in [0.1, 0.15) is 59.8 Å². The van der Waals surface area contributed by atoms with Crippen molar-refractivity contribution in [3.05, 3.63) is 18.2 Å². The number of aromatic nitrogens is 1. The second kappa shape index (κ2) is 8.83. The van der Waals surface area contributed by atoms with E-state index in [9.17, 15) is 0 Å². The molecule has 0 aliphatic heterocycles. The van der Waals surface area contributed by atoms with E-state index in [0.717, 1.165) is 31.1 Å². The number of unbranched alkanes of at least 4 members (excludes halogenated alkanes) is 2. The Bertz CT molecular complexity index is 374. The second-order valence-electron chi connectivity index (χ2n) is 6.31. The maximum absolute atomic E-state index is 4.59. The second-order valence-corrected chi connectivity index (χ2v) is 6.31. The molecule has 1 aromatic rings. The summed E-state index contributed by atoms with van der Waals surface area (Å²) in [6, 6.07) is 6.11. The van der Waals surface area contributed by atoms with Gasteiger partial charge in [0, 0.05) is 13.1 Å². The lowest BCUT2D eigenvalue weighted by Gasteiger charge is -2.25. The third kappa shape index (κ3) is 6.78. The van der Waals surface area contributed by atoms with E-state index in [0.29, 0.717) is 5.41 Å². The van der Waals surface area contributed by atoms with Crippen LogP contribution in [0.5, 0.6) is 0 Å². The fourth-order valence-corrected chi connectivity index (χ4v) is 2.16. The molecule has 2 N–H and O–H groups in total. The maximum Gasteiger partial charge on any atom is 0.128 e. The number of pyridine rings is 1. The SMILES string of the molecule is CCCCCC(C)(C)CNc1cccc(NCCC)n1. The van der Waals surface area contributed by atoms with Crippen LogP contribution >= 0.6 is 0 Å². The van der Waals surface area contributed by atoms with Gasteiger partial charge in [-0.05, 0) is 30.4 Å². The summed E-state index contributed by atoms with van der Waals surface area (Å²) in [5.41, 5.74) is 0.323. The number of nitrogens with one attached hydrogen (secondary N) is 2. The van der Waals surface area contributed by atoms with Crippen LogP contribution in [0.2, 0.25) is 0 Å². The summed E-state index contributed by atoms with van der Waals surface area (Å²) in [6.45, 7) is 11.0. The van der Waals surface area contributed by atoms with Crippen molar-refractivity contribution in [1.82, 2.24) is 4.98 Å². The van der Waals surface area contributed by atoms with Gasteiger partial charge in [0.1, 0.15) is 11.6 Å². The van der Waals surface area contributed by atoms with Crippen molar-refractivity contribution in [3.63, 3.8) is 0 Å². The molecule has 0 bridgehead atoms. The minimum Gasteiger partial charge on any atom is -0.370 e. The molecular weight excluding hydrogens is 246 g/mol. The summed E-state index contributed by atoms with van der Waals surface area (Å²) >= 11 is 0. The summed E-state index contributed by atoms with van der Waals surface area (Å²) in [7, 11) is 0. The highest BCUT2D eigenvalue weighted by molar-refractivity contribution is 5.45. The highest BCUT2D eigenvalue weighted by atomic mass is 15.1. The van der Waals surface area contributed by atoms with E-state index >= 15 is 0 Å². The number of anilines is 2. The Hall–Kier alpha value is -1.25. The topological polar surface area (TPSA) is 37.0 Å². The van der Waals surface area contributed by atoms with Gasteiger partial charge in [-0.15, -0.1) is 0 Å². The van der Waals surface area contributed by atoms with Crippen molar-refractivity contribution < 1.29 is 0 Å². The third-order valence-electron chi connectivity index (χ3n) is 3.51. The zero-order valence-electron chi connectivity index (χ0n) is 13.6. The van der Waals surface area contributed by atoms with Crippen LogP contribution in [0.3, 0.4) is 0 Å². The molecule has 20 heavy (non-hydrogen) atoms. The van der Waals surface area contributed by atoms with Gasteiger partial charge in [0.2, 0.25) is 0 Å². The molecule has 0 amide bonds. The van der Waals surface area contributed by atoms with Crippen LogP contribution in [-0.4, -0.2) is 18.1 Å². The van der Waals surface area contributed by atoms with Crippen molar-refractivity contribution >= 4 is 11.6 Å². The van der Waals surface area contributed by atoms with Crippen LogP contribution in [0.25, 0.3) is 0 Å². The van der Waals surface area contributed by atoms with Gasteiger partial charge in [-0.25, -0.2) is 4.98 Å². The fraction of sp³-hybridized carbons (Fsp3) is 0.706. The standard InChI is InChI=1S/C17H31N3/c1-5-7-8-12-17(3,4)14-19-16-11-9-10-15(20-16)18-13-6-2/h9-11H,5-8,12-14H2,1-4H3,(H2,18,19,20). The molecule has 1 rings (SSSR count). The van der Waals surface area contributed by atoms with Crippen LogP contribution in [0.4, 0.5) is 11.6 Å². The van der Waals surface area contributed by atoms with E-state index in [1.54, 1.807) is 0 Å². The van der Waals surface area contributed by atoms with Gasteiger partial charge in [-0.1, -0.05) is 53.0 Å². The van der Waals surface area contributed by atoms with Gasteiger partial charge in [0.25, 0.3) is 0 Å². The fourth-order valence-electron chi connectivity index (χ4n) is 2.16. The molecular formula is C17H31N3. The summed E-state index contributed by atoms with van der Waals surface area (Å²) in [5, 5.41) is 6.80. The van der Waals surface area contributed by atoms with Crippen molar-refractivity contribution in [2.24, 2.45) is 5.41 Å². The largest absolute Gasteiger partial charge is 0.370 e. The van der Waals surface area contributed by atoms with Crippen LogP contribution < -0.4 is 10.6 Å². The molecule has 3 heteroatoms. The lowest BCUT2D eigenvalue weighted by molar-refractivity contribution is 0.342. The predicted molar refractivity (Wildman–Crippen MR) is 89.4 cm³/mol. The Morgan fingerprint density at radius 3 is 2.35 bits per heavy atom. The highest BCUT2D eigenvalue weighted by Crippen LogP contribution is 2.24. The zero-order chi connectivity index (χ0) is 14.8. The number of hydrogen-bond acceptors (Lipinski definition) is 3. The summed E-state index contributed by atoms with van der Waals surface area (Å²) in [6.07, 6.45) is 6.32. The third-order valence-corrected chi connectivity index (χ3v) is 3.51. The molecule has 0 unspecified atom stereocenters. The lowest BCUT2D eigenvalue weighted by atomic mass is 9.87. The maximum atomic E-state index is 4.59. The number of rotatable bonds is 10. The molecule has 114 valence electrons. The Balaban J connectivity index is 2.43. The van der Waals surface area contributed by atoms with Crippen LogP contribution in [0.15, 0.2) is 18.2 Å². The highest BCUT2D eigenvalue weighted by Gasteiger charge is 2.17. The normalized spacial score (nSPS) is 11.4. The minimum atomic E-state index is 0.323. The molecule has 0 fully saturated rings. The first-order valence-corrected chi connectivity index (χ1v) is 8.02. The van der Waals surface area contributed by atoms with Crippen molar-refractivity contribution in [2.75, 3.05) is 23.7 Å². The van der Waals surface area contributed by atoms with E-state index in [1.165, 1.54) is 25.7 Å². The van der Waals surface area contributed by atoms with Crippen LogP contribution in [0, 0.1) is 5.41 Å². The Kier molecular flexibility index (Phi) is 7.42. The van der Waals surface area contributed by atoms with E-state index < -0.39 is 0 Å². The average Bonchev–Trinajstić information content (AvgIpc) is 2.44. The predicted octanol–water partition coefficient (Wildman–Crippen LogP) is 4.92. The Morgan fingerprint density at radius 2 is 1.70 bits per heavy atom. The summed E-state index contributed by atoms with van der Waals surface area (Å²) in [5.74, 6) is 1.93. The first-order valence-electron chi connectivity index (χ1n) is 8.02. The number of hydrogen-bond donors (Lipinski definition) is 2. The molecule has 0 aliphatic carbocycles. The Morgan fingerprint density at radius 1 is 1.00 bits per heavy atom. The molecule has 0 aliphatic rings. The van der Waals surface area contributed by atoms with Gasteiger partial charge in [0.15, 0.2) is 0 Å². The number of nitrogens with zero attached hydrogens (tertiary/aromatic N) is 1. The van der Waals surface area contributed by atoms with Gasteiger partial charge >= 0.3 is 0 Å². The van der Waals surface area contributed by atoms with E-state index in [4.69, 9.17) is 0 Å². The molecule has 1 aromatic heterocycles. The van der Waals surface area contributed by atoms with Gasteiger partial charge in [-0.3, -0.25) is 0 Å². The lowest BCUT2D eigenvalue weighted by Crippen LogP contribution is -2.23. The van der Waals surface area contributed by atoms with Gasteiger partial charge < -0.3 is 10.6 Å². The average molecular weight is 277 g/mol. The smallest absolute Gasteiger partial charge is 0.128 e.